The van der Waals surface area contributed by atoms with Crippen LogP contribution in [-0.2, 0) is 6.54 Å². The molecule has 0 saturated carbocycles. The number of halogens is 3. The van der Waals surface area contributed by atoms with Crippen molar-refractivity contribution in [3.63, 3.8) is 0 Å². The van der Waals surface area contributed by atoms with Crippen LogP contribution in [0.1, 0.15) is 10.4 Å². The van der Waals surface area contributed by atoms with Crippen molar-refractivity contribution in [2.24, 2.45) is 0 Å². The Balaban J connectivity index is 1.96. The fourth-order valence-electron chi connectivity index (χ4n) is 2.43. The molecule has 9 heteroatoms. The minimum Gasteiger partial charge on any atom is -0.497 e. The van der Waals surface area contributed by atoms with E-state index < -0.39 is 11.6 Å². The third kappa shape index (κ3) is 4.68. The average Bonchev–Trinajstić information content (AvgIpc) is 3.11. The van der Waals surface area contributed by atoms with Gasteiger partial charge in [-0.15, -0.1) is 11.3 Å². The standard InChI is InChI=1S/C19H17ClF2N2O2S2/c1-11-9-23-19(27-11)24(28-18-7-14(20)15(21)8-16(18)22)10-12-4-5-13(25-2)6-17(12)26-3/h4-9H,10H2,1-3H3. The molecule has 148 valence electrons. The summed E-state index contributed by atoms with van der Waals surface area (Å²) in [4.78, 5) is 5.61. The molecule has 0 saturated heterocycles. The maximum atomic E-state index is 14.3. The van der Waals surface area contributed by atoms with Gasteiger partial charge in [0.1, 0.15) is 23.1 Å². The van der Waals surface area contributed by atoms with Crippen molar-refractivity contribution >= 4 is 40.0 Å². The third-order valence-electron chi connectivity index (χ3n) is 3.81. The zero-order valence-corrected chi connectivity index (χ0v) is 17.7. The predicted octanol–water partition coefficient (Wildman–Crippen LogP) is 6.11. The fraction of sp³-hybridized carbons (Fsp3) is 0.211. The number of aromatic nitrogens is 1. The summed E-state index contributed by atoms with van der Waals surface area (Å²) in [6, 6.07) is 7.53. The van der Waals surface area contributed by atoms with E-state index in [1.807, 2.05) is 23.4 Å². The molecule has 0 atom stereocenters. The SMILES string of the molecule is COc1ccc(CN(Sc2cc(Cl)c(F)cc2F)c2ncc(C)s2)c(OC)c1. The molecule has 1 aromatic heterocycles. The molecule has 0 bridgehead atoms. The lowest BCUT2D eigenvalue weighted by Crippen LogP contribution is -2.15. The highest BCUT2D eigenvalue weighted by atomic mass is 35.5. The molecule has 0 N–H and O–H groups in total. The molecule has 3 rings (SSSR count). The van der Waals surface area contributed by atoms with Crippen LogP contribution in [0.25, 0.3) is 0 Å². The van der Waals surface area contributed by atoms with E-state index >= 15 is 0 Å². The van der Waals surface area contributed by atoms with Crippen LogP contribution in [0.15, 0.2) is 41.4 Å². The van der Waals surface area contributed by atoms with Gasteiger partial charge in [-0.2, -0.15) is 0 Å². The normalized spacial score (nSPS) is 10.8. The number of nitrogens with zero attached hydrogens (tertiary/aromatic N) is 2. The van der Waals surface area contributed by atoms with Gasteiger partial charge in [0.05, 0.1) is 30.7 Å². The lowest BCUT2D eigenvalue weighted by atomic mass is 10.2. The topological polar surface area (TPSA) is 34.6 Å². The molecular formula is C19H17ClF2N2O2S2. The summed E-state index contributed by atoms with van der Waals surface area (Å²) in [6.07, 6.45) is 1.74. The number of hydrogen-bond acceptors (Lipinski definition) is 6. The van der Waals surface area contributed by atoms with Gasteiger partial charge in [0.15, 0.2) is 5.13 Å². The smallest absolute Gasteiger partial charge is 0.196 e. The van der Waals surface area contributed by atoms with Crippen molar-refractivity contribution < 1.29 is 18.3 Å². The Morgan fingerprint density at radius 3 is 2.57 bits per heavy atom. The van der Waals surface area contributed by atoms with E-state index in [1.54, 1.807) is 26.5 Å². The molecule has 0 aliphatic rings. The number of hydrogen-bond donors (Lipinski definition) is 0. The van der Waals surface area contributed by atoms with Gasteiger partial charge in [-0.05, 0) is 37.1 Å². The molecule has 0 fully saturated rings. The maximum absolute atomic E-state index is 14.3. The Hall–Kier alpha value is -2.03. The Morgan fingerprint density at radius 2 is 1.93 bits per heavy atom. The van der Waals surface area contributed by atoms with Gasteiger partial charge in [0.25, 0.3) is 0 Å². The van der Waals surface area contributed by atoms with E-state index in [0.29, 0.717) is 23.2 Å². The molecule has 0 radical (unpaired) electrons. The van der Waals surface area contributed by atoms with Crippen molar-refractivity contribution in [1.29, 1.82) is 0 Å². The summed E-state index contributed by atoms with van der Waals surface area (Å²) in [5, 5.41) is 0.543. The number of benzene rings is 2. The van der Waals surface area contributed by atoms with Gasteiger partial charge in [-0.25, -0.2) is 13.8 Å². The molecule has 0 aliphatic heterocycles. The number of ether oxygens (including phenoxy) is 2. The molecular weight excluding hydrogens is 426 g/mol. The van der Waals surface area contributed by atoms with Gasteiger partial charge in [-0.3, -0.25) is 4.31 Å². The van der Waals surface area contributed by atoms with Crippen LogP contribution in [0.5, 0.6) is 11.5 Å². The molecule has 1 heterocycles. The Morgan fingerprint density at radius 1 is 1.14 bits per heavy atom. The minimum atomic E-state index is -0.794. The minimum absolute atomic E-state index is 0.138. The van der Waals surface area contributed by atoms with Gasteiger partial charge >= 0.3 is 0 Å². The van der Waals surface area contributed by atoms with Crippen molar-refractivity contribution in [3.05, 3.63) is 63.6 Å². The van der Waals surface area contributed by atoms with E-state index in [4.69, 9.17) is 21.1 Å². The lowest BCUT2D eigenvalue weighted by Gasteiger charge is -2.22. The van der Waals surface area contributed by atoms with Crippen LogP contribution in [0, 0.1) is 18.6 Å². The van der Waals surface area contributed by atoms with E-state index in [1.165, 1.54) is 17.4 Å². The highest BCUT2D eigenvalue weighted by molar-refractivity contribution is 8.00. The molecule has 0 amide bonds. The highest BCUT2D eigenvalue weighted by Gasteiger charge is 2.19. The van der Waals surface area contributed by atoms with Crippen LogP contribution in [0.3, 0.4) is 0 Å². The van der Waals surface area contributed by atoms with Crippen LogP contribution < -0.4 is 13.8 Å². The number of anilines is 1. The number of methoxy groups -OCH3 is 2. The second-order valence-electron chi connectivity index (χ2n) is 5.76. The summed E-state index contributed by atoms with van der Waals surface area (Å²) in [6.45, 7) is 2.31. The first-order valence-corrected chi connectivity index (χ1v) is 10.1. The Labute approximate surface area is 175 Å². The van der Waals surface area contributed by atoms with Crippen LogP contribution in [0.4, 0.5) is 13.9 Å². The van der Waals surface area contributed by atoms with Crippen molar-refractivity contribution in [2.45, 2.75) is 18.4 Å². The van der Waals surface area contributed by atoms with E-state index in [9.17, 15) is 8.78 Å². The average molecular weight is 443 g/mol. The molecule has 0 unspecified atom stereocenters. The van der Waals surface area contributed by atoms with Crippen LogP contribution >= 0.6 is 34.9 Å². The molecule has 28 heavy (non-hydrogen) atoms. The molecule has 3 aromatic rings. The summed E-state index contributed by atoms with van der Waals surface area (Å²) in [5.74, 6) is -0.180. The van der Waals surface area contributed by atoms with Crippen molar-refractivity contribution in [2.75, 3.05) is 18.5 Å². The van der Waals surface area contributed by atoms with Gasteiger partial charge in [0.2, 0.25) is 0 Å². The molecule has 0 spiro atoms. The summed E-state index contributed by atoms with van der Waals surface area (Å²) in [5.41, 5.74) is 0.859. The molecule has 4 nitrogen and oxygen atoms in total. The zero-order valence-electron chi connectivity index (χ0n) is 15.3. The summed E-state index contributed by atoms with van der Waals surface area (Å²) < 4.78 is 40.3. The van der Waals surface area contributed by atoms with E-state index in [2.05, 4.69) is 4.98 Å². The van der Waals surface area contributed by atoms with E-state index in [0.717, 1.165) is 28.5 Å². The Kier molecular flexibility index (Phi) is 6.64. The van der Waals surface area contributed by atoms with Gasteiger partial charge in [-0.1, -0.05) is 11.6 Å². The number of thiazole rings is 1. The van der Waals surface area contributed by atoms with Crippen LogP contribution in [0.2, 0.25) is 5.02 Å². The van der Waals surface area contributed by atoms with Gasteiger partial charge < -0.3 is 9.47 Å². The van der Waals surface area contributed by atoms with Crippen molar-refractivity contribution in [1.82, 2.24) is 4.98 Å². The zero-order chi connectivity index (χ0) is 20.3. The largest absolute Gasteiger partial charge is 0.497 e. The summed E-state index contributed by atoms with van der Waals surface area (Å²) >= 11 is 8.40. The fourth-order valence-corrected chi connectivity index (χ4v) is 4.43. The second kappa shape index (κ2) is 8.98. The maximum Gasteiger partial charge on any atom is 0.196 e. The highest BCUT2D eigenvalue weighted by Crippen LogP contribution is 2.38. The predicted molar refractivity (Wildman–Crippen MR) is 110 cm³/mol. The van der Waals surface area contributed by atoms with Gasteiger partial charge in [0, 0.05) is 28.8 Å². The lowest BCUT2D eigenvalue weighted by molar-refractivity contribution is 0.391. The number of rotatable bonds is 7. The van der Waals surface area contributed by atoms with Crippen LogP contribution in [-0.4, -0.2) is 19.2 Å². The van der Waals surface area contributed by atoms with Crippen molar-refractivity contribution in [3.8, 4) is 11.5 Å². The van der Waals surface area contributed by atoms with E-state index in [-0.39, 0.29) is 9.92 Å². The third-order valence-corrected chi connectivity index (χ3v) is 6.19. The monoisotopic (exact) mass is 442 g/mol. The second-order valence-corrected chi connectivity index (χ2v) is 8.44. The first-order valence-electron chi connectivity index (χ1n) is 8.14. The first-order chi connectivity index (χ1) is 13.4. The summed E-state index contributed by atoms with van der Waals surface area (Å²) in [7, 11) is 3.15. The quantitative estimate of drug-likeness (QED) is 0.325. The molecule has 2 aromatic carbocycles. The Bertz CT molecular complexity index is 985. The number of aryl methyl sites for hydroxylation is 1. The molecule has 0 aliphatic carbocycles. The first kappa shape index (κ1) is 20.7.